The van der Waals surface area contributed by atoms with Crippen LogP contribution in [0, 0.1) is 6.92 Å². The van der Waals surface area contributed by atoms with Gasteiger partial charge < -0.3 is 10.6 Å². The number of aryl methyl sites for hydroxylation is 1. The Morgan fingerprint density at radius 1 is 1.21 bits per heavy atom. The third-order valence-electron chi connectivity index (χ3n) is 4.06. The second-order valence-electron chi connectivity index (χ2n) is 5.96. The highest BCUT2D eigenvalue weighted by molar-refractivity contribution is 7.15. The Kier molecular flexibility index (Phi) is 4.23. The molecule has 0 spiro atoms. The van der Waals surface area contributed by atoms with E-state index < -0.39 is 0 Å². The van der Waals surface area contributed by atoms with Crippen LogP contribution in [0.1, 0.15) is 29.5 Å². The Morgan fingerprint density at radius 2 is 2.17 bits per heavy atom. The van der Waals surface area contributed by atoms with Gasteiger partial charge in [0.25, 0.3) is 0 Å². The highest BCUT2D eigenvalue weighted by Gasteiger charge is 2.20. The SMILES string of the molecule is Cc1ccnc(Nc2cccc(-c3cnc([C@@H]4CCCN4)s3)n2)c1. The minimum absolute atomic E-state index is 0.404. The van der Waals surface area contributed by atoms with Gasteiger partial charge in [0.1, 0.15) is 16.6 Å². The van der Waals surface area contributed by atoms with Crippen molar-refractivity contribution in [3.8, 4) is 10.6 Å². The molecule has 24 heavy (non-hydrogen) atoms. The van der Waals surface area contributed by atoms with E-state index in [1.807, 2.05) is 43.5 Å². The van der Waals surface area contributed by atoms with E-state index in [1.165, 1.54) is 18.4 Å². The van der Waals surface area contributed by atoms with E-state index in [9.17, 15) is 0 Å². The highest BCUT2D eigenvalue weighted by atomic mass is 32.1. The number of anilines is 2. The maximum atomic E-state index is 4.71. The minimum Gasteiger partial charge on any atom is -0.325 e. The van der Waals surface area contributed by atoms with E-state index in [4.69, 9.17) is 4.98 Å². The van der Waals surface area contributed by atoms with E-state index in [0.717, 1.165) is 33.8 Å². The van der Waals surface area contributed by atoms with Gasteiger partial charge in [-0.1, -0.05) is 6.07 Å². The first-order chi connectivity index (χ1) is 11.8. The molecule has 6 heteroatoms. The lowest BCUT2D eigenvalue weighted by Gasteiger charge is -2.07. The summed E-state index contributed by atoms with van der Waals surface area (Å²) in [5, 5.41) is 7.92. The topological polar surface area (TPSA) is 62.7 Å². The summed E-state index contributed by atoms with van der Waals surface area (Å²) in [4.78, 5) is 14.7. The van der Waals surface area contributed by atoms with Crippen LogP contribution in [0.3, 0.4) is 0 Å². The predicted molar refractivity (Wildman–Crippen MR) is 97.6 cm³/mol. The number of rotatable bonds is 4. The maximum absolute atomic E-state index is 4.71. The summed E-state index contributed by atoms with van der Waals surface area (Å²) in [5.41, 5.74) is 2.11. The van der Waals surface area contributed by atoms with Gasteiger partial charge >= 0.3 is 0 Å². The molecule has 1 aliphatic rings. The summed E-state index contributed by atoms with van der Waals surface area (Å²) < 4.78 is 0. The quantitative estimate of drug-likeness (QED) is 0.751. The normalized spacial score (nSPS) is 17.1. The molecular formula is C18H19N5S. The van der Waals surface area contributed by atoms with Gasteiger partial charge in [-0.3, -0.25) is 0 Å². The number of thiazole rings is 1. The van der Waals surface area contributed by atoms with E-state index in [1.54, 1.807) is 17.5 Å². The number of pyridine rings is 2. The van der Waals surface area contributed by atoms with Crippen LogP contribution in [-0.4, -0.2) is 21.5 Å². The van der Waals surface area contributed by atoms with Crippen LogP contribution in [0.15, 0.2) is 42.7 Å². The molecule has 4 rings (SSSR count). The Balaban J connectivity index is 1.56. The molecule has 1 atom stereocenters. The molecule has 1 saturated heterocycles. The lowest BCUT2D eigenvalue weighted by atomic mass is 10.2. The van der Waals surface area contributed by atoms with Crippen LogP contribution in [-0.2, 0) is 0 Å². The Morgan fingerprint density at radius 3 is 3.00 bits per heavy atom. The maximum Gasteiger partial charge on any atom is 0.132 e. The van der Waals surface area contributed by atoms with Gasteiger partial charge in [0.2, 0.25) is 0 Å². The van der Waals surface area contributed by atoms with Crippen molar-refractivity contribution in [2.24, 2.45) is 0 Å². The fourth-order valence-corrected chi connectivity index (χ4v) is 3.84. The Hall–Kier alpha value is -2.31. The first-order valence-electron chi connectivity index (χ1n) is 8.14. The largest absolute Gasteiger partial charge is 0.325 e. The number of aromatic nitrogens is 3. The third-order valence-corrected chi connectivity index (χ3v) is 5.19. The summed E-state index contributed by atoms with van der Waals surface area (Å²) in [6.45, 7) is 3.13. The number of hydrogen-bond acceptors (Lipinski definition) is 6. The zero-order chi connectivity index (χ0) is 16.4. The summed E-state index contributed by atoms with van der Waals surface area (Å²) in [6.07, 6.45) is 6.12. The van der Waals surface area contributed by atoms with Crippen LogP contribution in [0.25, 0.3) is 10.6 Å². The van der Waals surface area contributed by atoms with Crippen molar-refractivity contribution in [2.45, 2.75) is 25.8 Å². The van der Waals surface area contributed by atoms with Crippen molar-refractivity contribution < 1.29 is 0 Å². The van der Waals surface area contributed by atoms with Crippen LogP contribution < -0.4 is 10.6 Å². The lowest BCUT2D eigenvalue weighted by molar-refractivity contribution is 0.643. The van der Waals surface area contributed by atoms with Crippen molar-refractivity contribution >= 4 is 23.0 Å². The molecule has 2 N–H and O–H groups in total. The molecule has 4 heterocycles. The average molecular weight is 337 g/mol. The average Bonchev–Trinajstić information content (AvgIpc) is 3.27. The molecule has 0 aromatic carbocycles. The predicted octanol–water partition coefficient (Wildman–Crippen LogP) is 4.08. The van der Waals surface area contributed by atoms with E-state index in [0.29, 0.717) is 6.04 Å². The van der Waals surface area contributed by atoms with Crippen LogP contribution in [0.5, 0.6) is 0 Å². The minimum atomic E-state index is 0.404. The van der Waals surface area contributed by atoms with Crippen LogP contribution in [0.4, 0.5) is 11.6 Å². The van der Waals surface area contributed by atoms with Gasteiger partial charge in [-0.15, -0.1) is 11.3 Å². The first-order valence-corrected chi connectivity index (χ1v) is 8.96. The van der Waals surface area contributed by atoms with Gasteiger partial charge in [-0.05, 0) is 56.1 Å². The first kappa shape index (κ1) is 15.2. The monoisotopic (exact) mass is 337 g/mol. The van der Waals surface area contributed by atoms with E-state index in [-0.39, 0.29) is 0 Å². The number of nitrogens with zero attached hydrogens (tertiary/aromatic N) is 3. The molecule has 0 radical (unpaired) electrons. The van der Waals surface area contributed by atoms with Crippen LogP contribution in [0.2, 0.25) is 0 Å². The molecule has 5 nitrogen and oxygen atoms in total. The van der Waals surface area contributed by atoms with E-state index >= 15 is 0 Å². The molecule has 3 aromatic rings. The fraction of sp³-hybridized carbons (Fsp3) is 0.278. The molecular weight excluding hydrogens is 318 g/mol. The van der Waals surface area contributed by atoms with Gasteiger partial charge in [0.05, 0.1) is 16.6 Å². The molecule has 3 aromatic heterocycles. The van der Waals surface area contributed by atoms with Crippen molar-refractivity contribution in [1.82, 2.24) is 20.3 Å². The summed E-state index contributed by atoms with van der Waals surface area (Å²) in [6, 6.07) is 10.4. The number of nitrogens with one attached hydrogen (secondary N) is 2. The molecule has 0 amide bonds. The zero-order valence-corrected chi connectivity index (χ0v) is 14.3. The smallest absolute Gasteiger partial charge is 0.132 e. The lowest BCUT2D eigenvalue weighted by Crippen LogP contribution is -2.12. The van der Waals surface area contributed by atoms with Gasteiger partial charge in [0, 0.05) is 12.4 Å². The summed E-state index contributed by atoms with van der Waals surface area (Å²) in [5.74, 6) is 1.60. The second kappa shape index (κ2) is 6.67. The van der Waals surface area contributed by atoms with Crippen molar-refractivity contribution in [2.75, 3.05) is 11.9 Å². The number of hydrogen-bond donors (Lipinski definition) is 2. The van der Waals surface area contributed by atoms with Gasteiger partial charge in [-0.25, -0.2) is 15.0 Å². The molecule has 1 fully saturated rings. The highest BCUT2D eigenvalue weighted by Crippen LogP contribution is 2.32. The van der Waals surface area contributed by atoms with Crippen molar-refractivity contribution in [3.05, 3.63) is 53.3 Å². The Bertz CT molecular complexity index is 839. The standard InChI is InChI=1S/C18H19N5S/c1-12-7-9-20-17(10-12)23-16-6-2-4-13(22-16)15-11-21-18(24-15)14-5-3-8-19-14/h2,4,6-7,9-11,14,19H,3,5,8H2,1H3,(H,20,22,23)/t14-/m0/s1. The molecule has 122 valence electrons. The molecule has 0 saturated carbocycles. The Labute approximate surface area is 145 Å². The fourth-order valence-electron chi connectivity index (χ4n) is 2.84. The molecule has 1 aliphatic heterocycles. The third kappa shape index (κ3) is 3.29. The van der Waals surface area contributed by atoms with Gasteiger partial charge in [-0.2, -0.15) is 0 Å². The summed E-state index contributed by atoms with van der Waals surface area (Å²) >= 11 is 1.72. The van der Waals surface area contributed by atoms with Crippen LogP contribution >= 0.6 is 11.3 Å². The zero-order valence-electron chi connectivity index (χ0n) is 13.5. The van der Waals surface area contributed by atoms with E-state index in [2.05, 4.69) is 20.6 Å². The molecule has 0 aliphatic carbocycles. The second-order valence-corrected chi connectivity index (χ2v) is 7.03. The van der Waals surface area contributed by atoms with Crippen molar-refractivity contribution in [1.29, 1.82) is 0 Å². The summed E-state index contributed by atoms with van der Waals surface area (Å²) in [7, 11) is 0. The molecule has 0 unspecified atom stereocenters. The van der Waals surface area contributed by atoms with Gasteiger partial charge in [0.15, 0.2) is 0 Å². The van der Waals surface area contributed by atoms with Crippen molar-refractivity contribution in [3.63, 3.8) is 0 Å². The molecule has 0 bridgehead atoms.